The molecule has 1 aromatic heterocycles. The molecule has 0 spiro atoms. The molecule has 2 N–H and O–H groups in total. The Morgan fingerprint density at radius 3 is 2.79 bits per heavy atom. The van der Waals surface area contributed by atoms with Gasteiger partial charge >= 0.3 is 0 Å². The van der Waals surface area contributed by atoms with Gasteiger partial charge in [-0.25, -0.2) is 17.8 Å². The summed E-state index contributed by atoms with van der Waals surface area (Å²) in [5, 5.41) is 0. The lowest BCUT2D eigenvalue weighted by Crippen LogP contribution is -2.09. The molecule has 1 heterocycles. The van der Waals surface area contributed by atoms with Gasteiger partial charge in [-0.05, 0) is 35.1 Å². The first-order valence-electron chi connectivity index (χ1n) is 5.56. The number of imidazole rings is 1. The number of nitrogen functional groups attached to an aromatic ring is 1. The number of anilines is 1. The van der Waals surface area contributed by atoms with E-state index in [0.717, 1.165) is 0 Å². The Balaban J connectivity index is 2.32. The molecule has 0 aliphatic carbocycles. The van der Waals surface area contributed by atoms with E-state index in [2.05, 4.69) is 4.98 Å². The van der Waals surface area contributed by atoms with Gasteiger partial charge in [-0.1, -0.05) is 0 Å². The first-order chi connectivity index (χ1) is 8.78. The molecule has 0 aliphatic rings. The lowest BCUT2D eigenvalue weighted by atomic mass is 10.3. The summed E-state index contributed by atoms with van der Waals surface area (Å²) < 4.78 is 37.9. The summed E-state index contributed by atoms with van der Waals surface area (Å²) >= 11 is 1.89. The van der Waals surface area contributed by atoms with Crippen molar-refractivity contribution in [2.45, 2.75) is 13.0 Å². The molecule has 8 heteroatoms. The highest BCUT2D eigenvalue weighted by Crippen LogP contribution is 2.23. The summed E-state index contributed by atoms with van der Waals surface area (Å²) in [5.41, 5.74) is 6.98. The number of benzene rings is 1. The van der Waals surface area contributed by atoms with Crippen LogP contribution in [0.25, 0.3) is 11.0 Å². The Bertz CT molecular complexity index is 727. The van der Waals surface area contributed by atoms with E-state index in [-0.39, 0.29) is 17.5 Å². The van der Waals surface area contributed by atoms with E-state index in [1.54, 1.807) is 10.6 Å². The van der Waals surface area contributed by atoms with Crippen molar-refractivity contribution in [2.75, 3.05) is 17.7 Å². The van der Waals surface area contributed by atoms with Gasteiger partial charge in [0.2, 0.25) is 5.95 Å². The van der Waals surface area contributed by atoms with E-state index in [0.29, 0.717) is 27.6 Å². The van der Waals surface area contributed by atoms with Gasteiger partial charge in [0.15, 0.2) is 0 Å². The standard InChI is InChI=1S/C11H13FIN3O2S/c1-19(17,18)4-2-3-16-10-5-7(12)8(13)6-9(10)15-11(16)14/h5-6H,2-4H2,1H3,(H2,14,15). The van der Waals surface area contributed by atoms with Crippen LogP contribution in [-0.4, -0.2) is 30.0 Å². The highest BCUT2D eigenvalue weighted by Gasteiger charge is 2.12. The third kappa shape index (κ3) is 3.35. The zero-order valence-corrected chi connectivity index (χ0v) is 13.2. The monoisotopic (exact) mass is 397 g/mol. The largest absolute Gasteiger partial charge is 0.369 e. The minimum atomic E-state index is -3.01. The number of fused-ring (bicyclic) bond motifs is 1. The molecule has 2 aromatic rings. The Labute approximate surface area is 124 Å². The summed E-state index contributed by atoms with van der Waals surface area (Å²) in [7, 11) is -3.01. The molecular weight excluding hydrogens is 384 g/mol. The maximum absolute atomic E-state index is 13.6. The number of rotatable bonds is 4. The molecule has 0 saturated carbocycles. The number of halogens is 2. The van der Waals surface area contributed by atoms with Crippen LogP contribution in [-0.2, 0) is 16.4 Å². The number of sulfone groups is 1. The number of hydrogen-bond acceptors (Lipinski definition) is 4. The Morgan fingerprint density at radius 1 is 1.47 bits per heavy atom. The van der Waals surface area contributed by atoms with E-state index in [4.69, 9.17) is 5.73 Å². The van der Waals surface area contributed by atoms with Crippen LogP contribution in [0.5, 0.6) is 0 Å². The van der Waals surface area contributed by atoms with Crippen molar-refractivity contribution in [3.05, 3.63) is 21.5 Å². The first kappa shape index (κ1) is 14.5. The van der Waals surface area contributed by atoms with Gasteiger partial charge in [0.05, 0.1) is 20.4 Å². The maximum atomic E-state index is 13.6. The normalized spacial score (nSPS) is 12.2. The Morgan fingerprint density at radius 2 is 2.16 bits per heavy atom. The Hall–Kier alpha value is -0.900. The van der Waals surface area contributed by atoms with Crippen LogP contribution in [0.15, 0.2) is 12.1 Å². The van der Waals surface area contributed by atoms with Crippen LogP contribution >= 0.6 is 22.6 Å². The fraction of sp³-hybridized carbons (Fsp3) is 0.364. The number of hydrogen-bond donors (Lipinski definition) is 1. The van der Waals surface area contributed by atoms with Crippen molar-refractivity contribution in [3.63, 3.8) is 0 Å². The van der Waals surface area contributed by atoms with Crippen LogP contribution in [0.3, 0.4) is 0 Å². The fourth-order valence-electron chi connectivity index (χ4n) is 1.86. The highest BCUT2D eigenvalue weighted by atomic mass is 127. The van der Waals surface area contributed by atoms with Crippen molar-refractivity contribution in [1.29, 1.82) is 0 Å². The van der Waals surface area contributed by atoms with Crippen LogP contribution in [0, 0.1) is 9.39 Å². The quantitative estimate of drug-likeness (QED) is 0.799. The van der Waals surface area contributed by atoms with Crippen molar-refractivity contribution in [2.24, 2.45) is 0 Å². The number of aromatic nitrogens is 2. The van der Waals surface area contributed by atoms with Crippen LogP contribution in [0.2, 0.25) is 0 Å². The lowest BCUT2D eigenvalue weighted by molar-refractivity contribution is 0.593. The minimum absolute atomic E-state index is 0.0684. The summed E-state index contributed by atoms with van der Waals surface area (Å²) in [5.74, 6) is 0.00107. The van der Waals surface area contributed by atoms with E-state index in [1.165, 1.54) is 12.3 Å². The summed E-state index contributed by atoms with van der Waals surface area (Å²) in [6, 6.07) is 3.00. The van der Waals surface area contributed by atoms with Crippen molar-refractivity contribution in [3.8, 4) is 0 Å². The van der Waals surface area contributed by atoms with Gasteiger partial charge in [0, 0.05) is 18.9 Å². The van der Waals surface area contributed by atoms with Crippen molar-refractivity contribution < 1.29 is 12.8 Å². The molecule has 0 radical (unpaired) electrons. The fourth-order valence-corrected chi connectivity index (χ4v) is 2.96. The number of nitrogens with zero attached hydrogens (tertiary/aromatic N) is 2. The second kappa shape index (κ2) is 5.23. The third-order valence-corrected chi connectivity index (χ3v) is 4.57. The molecule has 0 saturated heterocycles. The summed E-state index contributed by atoms with van der Waals surface area (Å²) in [6.07, 6.45) is 1.60. The highest BCUT2D eigenvalue weighted by molar-refractivity contribution is 14.1. The molecule has 0 fully saturated rings. The Kier molecular flexibility index (Phi) is 4.00. The van der Waals surface area contributed by atoms with Gasteiger partial charge in [-0.15, -0.1) is 0 Å². The molecule has 5 nitrogen and oxygen atoms in total. The third-order valence-electron chi connectivity index (χ3n) is 2.72. The van der Waals surface area contributed by atoms with Crippen LogP contribution in [0.4, 0.5) is 10.3 Å². The predicted molar refractivity (Wildman–Crippen MR) is 81.1 cm³/mol. The van der Waals surface area contributed by atoms with E-state index >= 15 is 0 Å². The molecule has 0 amide bonds. The average Bonchev–Trinajstić information content (AvgIpc) is 2.55. The molecule has 2 rings (SSSR count). The number of aryl methyl sites for hydroxylation is 1. The topological polar surface area (TPSA) is 78.0 Å². The molecule has 0 aliphatic heterocycles. The van der Waals surface area contributed by atoms with Crippen LogP contribution < -0.4 is 5.73 Å². The van der Waals surface area contributed by atoms with Crippen LogP contribution in [0.1, 0.15) is 6.42 Å². The summed E-state index contributed by atoms with van der Waals surface area (Å²) in [6.45, 7) is 0.398. The zero-order chi connectivity index (χ0) is 14.2. The van der Waals surface area contributed by atoms with Crippen molar-refractivity contribution >= 4 is 49.4 Å². The SMILES string of the molecule is CS(=O)(=O)CCCn1c(N)nc2cc(I)c(F)cc21. The molecule has 19 heavy (non-hydrogen) atoms. The average molecular weight is 397 g/mol. The smallest absolute Gasteiger partial charge is 0.201 e. The molecular formula is C11H13FIN3O2S. The minimum Gasteiger partial charge on any atom is -0.369 e. The van der Waals surface area contributed by atoms with Gasteiger partial charge in [-0.3, -0.25) is 0 Å². The van der Waals surface area contributed by atoms with E-state index in [9.17, 15) is 12.8 Å². The molecule has 0 atom stereocenters. The summed E-state index contributed by atoms with van der Waals surface area (Å²) in [4.78, 5) is 4.15. The van der Waals surface area contributed by atoms with E-state index < -0.39 is 9.84 Å². The molecule has 104 valence electrons. The van der Waals surface area contributed by atoms with Gasteiger partial charge in [0.25, 0.3) is 0 Å². The van der Waals surface area contributed by atoms with Gasteiger partial charge in [-0.2, -0.15) is 0 Å². The van der Waals surface area contributed by atoms with Gasteiger partial charge in [0.1, 0.15) is 15.7 Å². The molecule has 1 aromatic carbocycles. The maximum Gasteiger partial charge on any atom is 0.201 e. The van der Waals surface area contributed by atoms with Gasteiger partial charge < -0.3 is 10.3 Å². The predicted octanol–water partition coefficient (Wildman–Crippen LogP) is 1.80. The van der Waals surface area contributed by atoms with E-state index in [1.807, 2.05) is 22.6 Å². The molecule has 0 bridgehead atoms. The van der Waals surface area contributed by atoms with Crippen molar-refractivity contribution in [1.82, 2.24) is 9.55 Å². The second-order valence-corrected chi connectivity index (χ2v) is 7.78. The first-order valence-corrected chi connectivity index (χ1v) is 8.70. The second-order valence-electron chi connectivity index (χ2n) is 4.36. The zero-order valence-electron chi connectivity index (χ0n) is 10.2. The molecule has 0 unspecified atom stereocenters. The lowest BCUT2D eigenvalue weighted by Gasteiger charge is -2.06. The number of nitrogens with two attached hydrogens (primary N) is 1.